The molecule has 0 aliphatic heterocycles. The van der Waals surface area contributed by atoms with Gasteiger partial charge in [-0.15, -0.1) is 0 Å². The summed E-state index contributed by atoms with van der Waals surface area (Å²) in [6.07, 6.45) is 0. The summed E-state index contributed by atoms with van der Waals surface area (Å²) in [4.78, 5) is 18.5. The second kappa shape index (κ2) is 10.5. The van der Waals surface area contributed by atoms with Gasteiger partial charge in [-0.3, -0.25) is 4.79 Å². The van der Waals surface area contributed by atoms with Gasteiger partial charge < -0.3 is 10.1 Å². The highest BCUT2D eigenvalue weighted by atomic mass is 35.5. The Hall–Kier alpha value is -4.15. The molecule has 1 N–H and O–H groups in total. The van der Waals surface area contributed by atoms with Gasteiger partial charge in [0.2, 0.25) is 0 Å². The first-order valence-electron chi connectivity index (χ1n) is 12.9. The zero-order valence-corrected chi connectivity index (χ0v) is 23.6. The topological polar surface area (TPSA) is 51.2 Å². The van der Waals surface area contributed by atoms with Crippen LogP contribution in [0.2, 0.25) is 5.02 Å². The first kappa shape index (κ1) is 26.5. The second-order valence-electron chi connectivity index (χ2n) is 10.9. The van der Waals surface area contributed by atoms with Crippen molar-refractivity contribution < 1.29 is 9.53 Å². The molecule has 4 nitrogen and oxygen atoms in total. The van der Waals surface area contributed by atoms with E-state index in [9.17, 15) is 4.79 Å². The van der Waals surface area contributed by atoms with Gasteiger partial charge in [0.1, 0.15) is 11.5 Å². The first-order valence-corrected chi connectivity index (χ1v) is 13.3. The van der Waals surface area contributed by atoms with Gasteiger partial charge in [0, 0.05) is 21.7 Å². The molecule has 0 aliphatic carbocycles. The van der Waals surface area contributed by atoms with Crippen LogP contribution in [-0.2, 0) is 5.41 Å². The molecule has 5 rings (SSSR count). The van der Waals surface area contributed by atoms with Crippen molar-refractivity contribution in [2.75, 3.05) is 5.32 Å². The molecule has 0 spiro atoms. The van der Waals surface area contributed by atoms with Gasteiger partial charge in [-0.2, -0.15) is 0 Å². The molecule has 0 saturated carbocycles. The number of halogens is 1. The molecule has 0 atom stereocenters. The first-order chi connectivity index (χ1) is 18.6. The number of amides is 1. The SMILES string of the molecule is Cc1cc(C)c2nc(-c3ccc(Cl)cc3)cc(C(=O)Nc3ccc(Oc4ccc(C(C)(C)C)cc4)cc3)c2c1. The monoisotopic (exact) mass is 534 g/mol. The smallest absolute Gasteiger partial charge is 0.256 e. The van der Waals surface area contributed by atoms with Gasteiger partial charge in [-0.25, -0.2) is 4.98 Å². The minimum atomic E-state index is -0.200. The zero-order valence-electron chi connectivity index (χ0n) is 22.8. The number of carbonyl (C=O) groups is 1. The summed E-state index contributed by atoms with van der Waals surface area (Å²) < 4.78 is 6.02. The highest BCUT2D eigenvalue weighted by molar-refractivity contribution is 6.30. The Morgan fingerprint density at radius 3 is 2.05 bits per heavy atom. The van der Waals surface area contributed by atoms with Gasteiger partial charge >= 0.3 is 0 Å². The number of aromatic nitrogens is 1. The Balaban J connectivity index is 1.40. The molecule has 5 aromatic rings. The number of hydrogen-bond acceptors (Lipinski definition) is 3. The van der Waals surface area contributed by atoms with Gasteiger partial charge in [0.05, 0.1) is 16.8 Å². The summed E-state index contributed by atoms with van der Waals surface area (Å²) in [6.45, 7) is 10.6. The lowest BCUT2D eigenvalue weighted by molar-refractivity contribution is 0.102. The minimum absolute atomic E-state index is 0.0888. The number of rotatable bonds is 5. The van der Waals surface area contributed by atoms with Gasteiger partial charge in [-0.1, -0.05) is 68.3 Å². The van der Waals surface area contributed by atoms with Crippen LogP contribution in [0.4, 0.5) is 5.69 Å². The normalized spacial score (nSPS) is 11.4. The van der Waals surface area contributed by atoms with Crippen molar-refractivity contribution in [3.05, 3.63) is 118 Å². The van der Waals surface area contributed by atoms with Crippen molar-refractivity contribution in [2.24, 2.45) is 0 Å². The Morgan fingerprint density at radius 2 is 1.44 bits per heavy atom. The van der Waals surface area contributed by atoms with Gasteiger partial charge in [0.15, 0.2) is 0 Å². The number of pyridine rings is 1. The molecule has 1 amide bonds. The molecule has 0 unspecified atom stereocenters. The lowest BCUT2D eigenvalue weighted by Crippen LogP contribution is -2.13. The summed E-state index contributed by atoms with van der Waals surface area (Å²) in [7, 11) is 0. The van der Waals surface area contributed by atoms with E-state index in [2.05, 4.69) is 44.3 Å². The summed E-state index contributed by atoms with van der Waals surface area (Å²) in [5, 5.41) is 4.52. The van der Waals surface area contributed by atoms with Crippen molar-refractivity contribution in [1.29, 1.82) is 0 Å². The second-order valence-corrected chi connectivity index (χ2v) is 11.3. The number of nitrogens with one attached hydrogen (secondary N) is 1. The largest absolute Gasteiger partial charge is 0.457 e. The maximum absolute atomic E-state index is 13.6. The third-order valence-corrected chi connectivity index (χ3v) is 6.95. The number of fused-ring (bicyclic) bond motifs is 1. The molecule has 0 fully saturated rings. The maximum Gasteiger partial charge on any atom is 0.256 e. The zero-order chi connectivity index (χ0) is 27.7. The molecule has 0 aliphatic rings. The van der Waals surface area contributed by atoms with Crippen LogP contribution >= 0.6 is 11.6 Å². The molecule has 1 aromatic heterocycles. The number of hydrogen-bond donors (Lipinski definition) is 1. The predicted molar refractivity (Wildman–Crippen MR) is 161 cm³/mol. The standard InChI is InChI=1S/C34H31ClN2O2/c1-21-18-22(2)32-29(19-21)30(20-31(37-32)23-6-10-25(35)11-7-23)33(38)36-26-12-16-28(17-13-26)39-27-14-8-24(9-15-27)34(3,4)5/h6-20H,1-5H3,(H,36,38). The van der Waals surface area contributed by atoms with Crippen molar-refractivity contribution in [2.45, 2.75) is 40.0 Å². The highest BCUT2D eigenvalue weighted by Gasteiger charge is 2.17. The summed E-state index contributed by atoms with van der Waals surface area (Å²) >= 11 is 6.09. The van der Waals surface area contributed by atoms with E-state index in [0.29, 0.717) is 22.0 Å². The van der Waals surface area contributed by atoms with Crippen LogP contribution in [-0.4, -0.2) is 10.9 Å². The molecule has 0 saturated heterocycles. The molecule has 5 heteroatoms. The van der Waals surface area contributed by atoms with E-state index >= 15 is 0 Å². The molecule has 39 heavy (non-hydrogen) atoms. The minimum Gasteiger partial charge on any atom is -0.457 e. The third-order valence-electron chi connectivity index (χ3n) is 6.70. The van der Waals surface area contributed by atoms with E-state index in [-0.39, 0.29) is 11.3 Å². The number of carbonyl (C=O) groups excluding carboxylic acids is 1. The molecule has 4 aromatic carbocycles. The number of benzene rings is 4. The average Bonchev–Trinajstić information content (AvgIpc) is 2.89. The Bertz CT molecular complexity index is 1650. The predicted octanol–water partition coefficient (Wildman–Crippen LogP) is 9.51. The number of aryl methyl sites for hydroxylation is 2. The Labute approximate surface area is 234 Å². The fourth-order valence-electron chi connectivity index (χ4n) is 4.60. The molecule has 0 radical (unpaired) electrons. The summed E-state index contributed by atoms with van der Waals surface area (Å²) in [5.41, 5.74) is 7.10. The van der Waals surface area contributed by atoms with E-state index in [1.54, 1.807) is 0 Å². The molecular formula is C34H31ClN2O2. The third kappa shape index (κ3) is 5.97. The van der Waals surface area contributed by atoms with Crippen LogP contribution in [0.15, 0.2) is 91.0 Å². The fraction of sp³-hybridized carbons (Fsp3) is 0.176. The van der Waals surface area contributed by atoms with E-state index in [0.717, 1.165) is 39.0 Å². The number of nitrogens with zero attached hydrogens (tertiary/aromatic N) is 1. The molecule has 196 valence electrons. The van der Waals surface area contributed by atoms with Crippen molar-refractivity contribution in [3.8, 4) is 22.8 Å². The number of anilines is 1. The Morgan fingerprint density at radius 1 is 0.821 bits per heavy atom. The van der Waals surface area contributed by atoms with Crippen molar-refractivity contribution in [3.63, 3.8) is 0 Å². The lowest BCUT2D eigenvalue weighted by Gasteiger charge is -2.19. The van der Waals surface area contributed by atoms with Gasteiger partial charge in [0.25, 0.3) is 5.91 Å². The summed E-state index contributed by atoms with van der Waals surface area (Å²) in [5.74, 6) is 1.26. The fourth-order valence-corrected chi connectivity index (χ4v) is 4.73. The molecule has 0 bridgehead atoms. The summed E-state index contributed by atoms with van der Waals surface area (Å²) in [6, 6.07) is 28.9. The maximum atomic E-state index is 13.6. The highest BCUT2D eigenvalue weighted by Crippen LogP contribution is 2.30. The Kier molecular flexibility index (Phi) is 7.16. The van der Waals surface area contributed by atoms with Gasteiger partial charge in [-0.05, 0) is 91.1 Å². The van der Waals surface area contributed by atoms with E-state index in [1.165, 1.54) is 5.56 Å². The number of ether oxygens (including phenoxy) is 1. The van der Waals surface area contributed by atoms with Crippen LogP contribution in [0.5, 0.6) is 11.5 Å². The van der Waals surface area contributed by atoms with E-state index in [4.69, 9.17) is 21.3 Å². The van der Waals surface area contributed by atoms with Crippen LogP contribution in [0.1, 0.15) is 47.8 Å². The van der Waals surface area contributed by atoms with Crippen molar-refractivity contribution in [1.82, 2.24) is 4.98 Å². The van der Waals surface area contributed by atoms with Crippen LogP contribution in [0.3, 0.4) is 0 Å². The van der Waals surface area contributed by atoms with Crippen LogP contribution in [0, 0.1) is 13.8 Å². The lowest BCUT2D eigenvalue weighted by atomic mass is 9.87. The van der Waals surface area contributed by atoms with Crippen LogP contribution < -0.4 is 10.1 Å². The average molecular weight is 535 g/mol. The van der Waals surface area contributed by atoms with Crippen LogP contribution in [0.25, 0.3) is 22.2 Å². The van der Waals surface area contributed by atoms with E-state index < -0.39 is 0 Å². The quantitative estimate of drug-likeness (QED) is 0.244. The molecular weight excluding hydrogens is 504 g/mol. The molecule has 1 heterocycles. The van der Waals surface area contributed by atoms with Crippen molar-refractivity contribution >= 4 is 34.1 Å². The van der Waals surface area contributed by atoms with E-state index in [1.807, 2.05) is 86.6 Å².